The zero-order valence-electron chi connectivity index (χ0n) is 16.1. The lowest BCUT2D eigenvalue weighted by Gasteiger charge is -2.24. The molecule has 23 heavy (non-hydrogen) atoms. The van der Waals surface area contributed by atoms with Gasteiger partial charge in [0, 0.05) is 36.4 Å². The molecule has 0 atom stereocenters. The minimum Gasteiger partial charge on any atom is -0.346 e. The van der Waals surface area contributed by atoms with Crippen LogP contribution in [0.15, 0.2) is 30.6 Å². The van der Waals surface area contributed by atoms with Crippen molar-refractivity contribution in [3.8, 4) is 0 Å². The number of hydrogen-bond donors (Lipinski definition) is 1. The highest BCUT2D eigenvalue weighted by molar-refractivity contribution is 5.90. The second-order valence-corrected chi connectivity index (χ2v) is 4.47. The number of pyridine rings is 1. The van der Waals surface area contributed by atoms with Crippen LogP contribution in [0.4, 0.5) is 0 Å². The molecule has 1 aliphatic heterocycles. The Balaban J connectivity index is 0.000000728. The summed E-state index contributed by atoms with van der Waals surface area (Å²) in [5.41, 5.74) is 3.76. The average Bonchev–Trinajstić information content (AvgIpc) is 3.11. The normalized spacial score (nSPS) is 13.6. The number of likely N-dealkylation sites (N-methyl/N-ethyl adjacent to an activating group) is 1. The minimum absolute atomic E-state index is 0.987. The van der Waals surface area contributed by atoms with Gasteiger partial charge in [0.2, 0.25) is 0 Å². The van der Waals surface area contributed by atoms with Gasteiger partial charge in [-0.25, -0.2) is 4.98 Å². The Morgan fingerprint density at radius 2 is 1.83 bits per heavy atom. The number of aromatic amines is 1. The highest BCUT2D eigenvalue weighted by Crippen LogP contribution is 2.28. The van der Waals surface area contributed by atoms with Gasteiger partial charge in [-0.2, -0.15) is 0 Å². The molecule has 0 saturated carbocycles. The molecule has 0 spiro atoms. The Bertz CT molecular complexity index is 555. The van der Waals surface area contributed by atoms with E-state index in [0.717, 1.165) is 31.7 Å². The lowest BCUT2D eigenvalue weighted by atomic mass is 10.00. The first-order valence-corrected chi connectivity index (χ1v) is 9.22. The van der Waals surface area contributed by atoms with E-state index in [1.165, 1.54) is 16.5 Å². The van der Waals surface area contributed by atoms with Gasteiger partial charge in [-0.15, -0.1) is 0 Å². The maximum absolute atomic E-state index is 4.33. The Morgan fingerprint density at radius 3 is 2.39 bits per heavy atom. The van der Waals surface area contributed by atoms with Crippen molar-refractivity contribution < 1.29 is 0 Å². The van der Waals surface area contributed by atoms with E-state index in [4.69, 9.17) is 0 Å². The van der Waals surface area contributed by atoms with E-state index >= 15 is 0 Å². The predicted molar refractivity (Wildman–Crippen MR) is 105 cm³/mol. The number of H-pyrrole nitrogens is 1. The minimum atomic E-state index is 0.987. The third-order valence-corrected chi connectivity index (χ3v) is 3.54. The molecule has 0 aromatic carbocycles. The number of fused-ring (bicyclic) bond motifs is 1. The van der Waals surface area contributed by atoms with E-state index in [1.807, 2.05) is 53.8 Å². The predicted octanol–water partition coefficient (Wildman–Crippen LogP) is 5.75. The molecule has 0 bridgehead atoms. The molecular formula is C20H35N3. The van der Waals surface area contributed by atoms with Gasteiger partial charge >= 0.3 is 0 Å². The van der Waals surface area contributed by atoms with E-state index in [2.05, 4.69) is 40.1 Å². The molecule has 3 heteroatoms. The lowest BCUT2D eigenvalue weighted by molar-refractivity contribution is 0.319. The number of rotatable bonds is 2. The number of nitrogens with zero attached hydrogens (tertiary/aromatic N) is 2. The summed E-state index contributed by atoms with van der Waals surface area (Å²) in [5, 5.41) is 1.24. The molecule has 0 unspecified atom stereocenters. The summed E-state index contributed by atoms with van der Waals surface area (Å²) in [6, 6.07) is 4.14. The van der Waals surface area contributed by atoms with Crippen LogP contribution < -0.4 is 0 Å². The van der Waals surface area contributed by atoms with Crippen LogP contribution in [0, 0.1) is 0 Å². The smallest absolute Gasteiger partial charge is 0.137 e. The van der Waals surface area contributed by atoms with Crippen LogP contribution in [0.1, 0.15) is 60.5 Å². The molecule has 1 aliphatic rings. The van der Waals surface area contributed by atoms with Crippen molar-refractivity contribution in [3.05, 3.63) is 36.2 Å². The molecule has 130 valence electrons. The Morgan fingerprint density at radius 1 is 1.13 bits per heavy atom. The van der Waals surface area contributed by atoms with Crippen LogP contribution in [-0.4, -0.2) is 34.5 Å². The van der Waals surface area contributed by atoms with Crippen molar-refractivity contribution in [2.45, 2.75) is 54.9 Å². The summed E-state index contributed by atoms with van der Waals surface area (Å²) in [6.07, 6.45) is 7.40. The summed E-state index contributed by atoms with van der Waals surface area (Å²) in [6.45, 7) is 17.6. The first-order valence-electron chi connectivity index (χ1n) is 9.22. The summed E-state index contributed by atoms with van der Waals surface area (Å²) >= 11 is 0. The molecule has 2 aromatic rings. The van der Waals surface area contributed by atoms with E-state index < -0.39 is 0 Å². The quantitative estimate of drug-likeness (QED) is 0.764. The summed E-state index contributed by atoms with van der Waals surface area (Å²) in [4.78, 5) is 10.0. The van der Waals surface area contributed by atoms with E-state index in [1.54, 1.807) is 0 Å². The Kier molecular flexibility index (Phi) is 12.0. The largest absolute Gasteiger partial charge is 0.346 e. The van der Waals surface area contributed by atoms with Gasteiger partial charge in [0.15, 0.2) is 0 Å². The molecule has 0 amide bonds. The first-order chi connectivity index (χ1) is 11.4. The third-order valence-electron chi connectivity index (χ3n) is 3.54. The Labute approximate surface area is 142 Å². The highest BCUT2D eigenvalue weighted by Gasteiger charge is 2.14. The van der Waals surface area contributed by atoms with Gasteiger partial charge < -0.3 is 4.98 Å². The maximum Gasteiger partial charge on any atom is 0.137 e. The Hall–Kier alpha value is -1.61. The standard InChI is InChI=1S/C14H17N3.3C2H6/c1-2-17-8-5-11(6-9-17)13-10-16-14-12(13)4-3-7-15-14;3*1-2/h3-5,7,10H,2,6,8-9H2,1H3,(H,15,16);3*1-2H3. The molecule has 3 rings (SSSR count). The van der Waals surface area contributed by atoms with E-state index in [9.17, 15) is 0 Å². The van der Waals surface area contributed by atoms with Crippen LogP contribution >= 0.6 is 0 Å². The highest BCUT2D eigenvalue weighted by atomic mass is 15.1. The van der Waals surface area contributed by atoms with E-state index in [0.29, 0.717) is 0 Å². The number of nitrogens with one attached hydrogen (secondary N) is 1. The van der Waals surface area contributed by atoms with Gasteiger partial charge in [-0.1, -0.05) is 54.5 Å². The van der Waals surface area contributed by atoms with Crippen LogP contribution in [-0.2, 0) is 0 Å². The van der Waals surface area contributed by atoms with Crippen molar-refractivity contribution in [1.82, 2.24) is 14.9 Å². The molecule has 0 saturated heterocycles. The molecule has 1 N–H and O–H groups in total. The molecule has 0 radical (unpaired) electrons. The van der Waals surface area contributed by atoms with Crippen molar-refractivity contribution >= 4 is 16.6 Å². The average molecular weight is 318 g/mol. The van der Waals surface area contributed by atoms with Crippen LogP contribution in [0.2, 0.25) is 0 Å². The van der Waals surface area contributed by atoms with Crippen molar-refractivity contribution in [2.24, 2.45) is 0 Å². The van der Waals surface area contributed by atoms with E-state index in [-0.39, 0.29) is 0 Å². The topological polar surface area (TPSA) is 31.9 Å². The fourth-order valence-corrected chi connectivity index (χ4v) is 2.46. The SMILES string of the molecule is CC.CC.CC.CCN1CC=C(c2c[nH]c3ncccc23)CC1. The number of hydrogen-bond acceptors (Lipinski definition) is 2. The molecule has 3 heterocycles. The third kappa shape index (κ3) is 5.83. The van der Waals surface area contributed by atoms with Crippen LogP contribution in [0.5, 0.6) is 0 Å². The molecular weight excluding hydrogens is 282 g/mol. The van der Waals surface area contributed by atoms with Gasteiger partial charge in [-0.3, -0.25) is 4.90 Å². The molecule has 0 fully saturated rings. The second-order valence-electron chi connectivity index (χ2n) is 4.47. The zero-order chi connectivity index (χ0) is 17.7. The van der Waals surface area contributed by atoms with Gasteiger partial charge in [0.1, 0.15) is 5.65 Å². The van der Waals surface area contributed by atoms with Gasteiger partial charge in [0.25, 0.3) is 0 Å². The summed E-state index contributed by atoms with van der Waals surface area (Å²) in [5.74, 6) is 0. The summed E-state index contributed by atoms with van der Waals surface area (Å²) < 4.78 is 0. The fourth-order valence-electron chi connectivity index (χ4n) is 2.46. The van der Waals surface area contributed by atoms with Crippen molar-refractivity contribution in [3.63, 3.8) is 0 Å². The lowest BCUT2D eigenvalue weighted by Crippen LogP contribution is -2.27. The van der Waals surface area contributed by atoms with Crippen molar-refractivity contribution in [1.29, 1.82) is 0 Å². The van der Waals surface area contributed by atoms with Gasteiger partial charge in [0.05, 0.1) is 0 Å². The first kappa shape index (κ1) is 21.4. The van der Waals surface area contributed by atoms with Crippen LogP contribution in [0.3, 0.4) is 0 Å². The molecule has 0 aliphatic carbocycles. The maximum atomic E-state index is 4.33. The number of aromatic nitrogens is 2. The fraction of sp³-hybridized carbons (Fsp3) is 0.550. The zero-order valence-corrected chi connectivity index (χ0v) is 16.1. The van der Waals surface area contributed by atoms with Gasteiger partial charge in [-0.05, 0) is 30.7 Å². The monoisotopic (exact) mass is 317 g/mol. The molecule has 3 nitrogen and oxygen atoms in total. The molecule has 2 aromatic heterocycles. The second kappa shape index (κ2) is 12.9. The summed E-state index contributed by atoms with van der Waals surface area (Å²) in [7, 11) is 0. The van der Waals surface area contributed by atoms with Crippen LogP contribution in [0.25, 0.3) is 16.6 Å². The van der Waals surface area contributed by atoms with Crippen molar-refractivity contribution in [2.75, 3.05) is 19.6 Å².